The van der Waals surface area contributed by atoms with Crippen LogP contribution in [-0.2, 0) is 11.3 Å². The Morgan fingerprint density at radius 3 is 2.47 bits per heavy atom. The van der Waals surface area contributed by atoms with Crippen molar-refractivity contribution in [3.05, 3.63) is 65.7 Å². The zero-order valence-electron chi connectivity index (χ0n) is 19.3. The molecule has 1 fully saturated rings. The van der Waals surface area contributed by atoms with Gasteiger partial charge in [-0.05, 0) is 49.4 Å². The Morgan fingerprint density at radius 1 is 1.03 bits per heavy atom. The van der Waals surface area contributed by atoms with E-state index in [0.717, 1.165) is 50.1 Å². The SMILES string of the molecule is CCCN(CCC(=O)NC1CCN(Cc2ccccc2)CC1)C(=O)Nc1cccc(C)c1. The predicted molar refractivity (Wildman–Crippen MR) is 130 cm³/mol. The van der Waals surface area contributed by atoms with Gasteiger partial charge in [0, 0.05) is 50.9 Å². The minimum Gasteiger partial charge on any atom is -0.353 e. The van der Waals surface area contributed by atoms with Gasteiger partial charge in [0.2, 0.25) is 5.91 Å². The highest BCUT2D eigenvalue weighted by atomic mass is 16.2. The molecule has 0 aromatic heterocycles. The molecule has 1 aliphatic heterocycles. The van der Waals surface area contributed by atoms with Crippen LogP contribution in [0, 0.1) is 6.92 Å². The summed E-state index contributed by atoms with van der Waals surface area (Å²) in [6, 6.07) is 18.3. The molecule has 0 unspecified atom stereocenters. The third kappa shape index (κ3) is 7.68. The van der Waals surface area contributed by atoms with Crippen LogP contribution in [0.1, 0.15) is 43.7 Å². The quantitative estimate of drug-likeness (QED) is 0.612. The Kier molecular flexibility index (Phi) is 9.11. The standard InChI is InChI=1S/C26H36N4O2/c1-3-15-30(26(32)28-24-11-7-8-21(2)19-24)18-14-25(31)27-23-12-16-29(17-13-23)20-22-9-5-4-6-10-22/h4-11,19,23H,3,12-18,20H2,1-2H3,(H,27,31)(H,28,32). The molecule has 2 aromatic rings. The molecule has 3 amide bonds. The van der Waals surface area contributed by atoms with Crippen LogP contribution >= 0.6 is 0 Å². The van der Waals surface area contributed by atoms with Crippen LogP contribution in [0.3, 0.4) is 0 Å². The number of carbonyl (C=O) groups is 2. The third-order valence-electron chi connectivity index (χ3n) is 5.86. The van der Waals surface area contributed by atoms with Crippen molar-refractivity contribution in [2.24, 2.45) is 0 Å². The van der Waals surface area contributed by atoms with Gasteiger partial charge in [-0.3, -0.25) is 9.69 Å². The molecule has 3 rings (SSSR count). The van der Waals surface area contributed by atoms with Crippen LogP contribution < -0.4 is 10.6 Å². The number of likely N-dealkylation sites (tertiary alicyclic amines) is 1. The average molecular weight is 437 g/mol. The van der Waals surface area contributed by atoms with Crippen LogP contribution in [0.25, 0.3) is 0 Å². The van der Waals surface area contributed by atoms with E-state index in [1.807, 2.05) is 44.2 Å². The number of piperidine rings is 1. The largest absolute Gasteiger partial charge is 0.353 e. The fourth-order valence-electron chi connectivity index (χ4n) is 4.12. The van der Waals surface area contributed by atoms with Gasteiger partial charge < -0.3 is 15.5 Å². The maximum atomic E-state index is 12.7. The van der Waals surface area contributed by atoms with Crippen molar-refractivity contribution in [2.45, 2.75) is 52.1 Å². The van der Waals surface area contributed by atoms with Crippen LogP contribution in [0.2, 0.25) is 0 Å². The number of carbonyl (C=O) groups excluding carboxylic acids is 2. The number of urea groups is 1. The first kappa shape index (κ1) is 23.8. The second kappa shape index (κ2) is 12.2. The lowest BCUT2D eigenvalue weighted by atomic mass is 10.0. The average Bonchev–Trinajstić information content (AvgIpc) is 2.78. The normalized spacial score (nSPS) is 14.7. The molecule has 172 valence electrons. The number of amides is 3. The molecule has 2 aromatic carbocycles. The molecule has 1 saturated heterocycles. The molecular formula is C26H36N4O2. The molecule has 0 saturated carbocycles. The summed E-state index contributed by atoms with van der Waals surface area (Å²) in [4.78, 5) is 29.4. The molecule has 0 radical (unpaired) electrons. The van der Waals surface area contributed by atoms with Gasteiger partial charge in [0.15, 0.2) is 0 Å². The molecule has 1 aliphatic rings. The van der Waals surface area contributed by atoms with E-state index in [9.17, 15) is 9.59 Å². The Balaban J connectivity index is 1.40. The first-order valence-corrected chi connectivity index (χ1v) is 11.7. The van der Waals surface area contributed by atoms with E-state index in [1.165, 1.54) is 5.56 Å². The zero-order chi connectivity index (χ0) is 22.8. The van der Waals surface area contributed by atoms with Gasteiger partial charge in [-0.15, -0.1) is 0 Å². The lowest BCUT2D eigenvalue weighted by molar-refractivity contribution is -0.122. The Labute approximate surface area is 192 Å². The van der Waals surface area contributed by atoms with Crippen molar-refractivity contribution >= 4 is 17.6 Å². The van der Waals surface area contributed by atoms with E-state index in [-0.39, 0.29) is 18.0 Å². The van der Waals surface area contributed by atoms with Gasteiger partial charge in [0.1, 0.15) is 0 Å². The minimum absolute atomic E-state index is 0.0240. The first-order valence-electron chi connectivity index (χ1n) is 11.7. The summed E-state index contributed by atoms with van der Waals surface area (Å²) in [5.74, 6) is 0.0240. The van der Waals surface area contributed by atoms with E-state index in [2.05, 4.69) is 39.8 Å². The number of nitrogens with one attached hydrogen (secondary N) is 2. The summed E-state index contributed by atoms with van der Waals surface area (Å²) in [5.41, 5.74) is 3.21. The number of benzene rings is 2. The highest BCUT2D eigenvalue weighted by Gasteiger charge is 2.21. The van der Waals surface area contributed by atoms with Gasteiger partial charge in [0.05, 0.1) is 0 Å². The van der Waals surface area contributed by atoms with Gasteiger partial charge in [0.25, 0.3) is 0 Å². The predicted octanol–water partition coefficient (Wildman–Crippen LogP) is 4.41. The first-order chi connectivity index (χ1) is 15.5. The summed E-state index contributed by atoms with van der Waals surface area (Å²) in [5, 5.41) is 6.12. The van der Waals surface area contributed by atoms with Crippen LogP contribution in [-0.4, -0.2) is 54.0 Å². The Bertz CT molecular complexity index is 863. The topological polar surface area (TPSA) is 64.7 Å². The van der Waals surface area contributed by atoms with Crippen LogP contribution in [0.4, 0.5) is 10.5 Å². The molecule has 0 spiro atoms. The number of nitrogens with zero attached hydrogens (tertiary/aromatic N) is 2. The van der Waals surface area contributed by atoms with E-state index in [1.54, 1.807) is 4.90 Å². The summed E-state index contributed by atoms with van der Waals surface area (Å²) < 4.78 is 0. The van der Waals surface area contributed by atoms with Gasteiger partial charge >= 0.3 is 6.03 Å². The van der Waals surface area contributed by atoms with Crippen molar-refractivity contribution in [2.75, 3.05) is 31.5 Å². The van der Waals surface area contributed by atoms with Crippen LogP contribution in [0.5, 0.6) is 0 Å². The number of rotatable bonds is 9. The number of hydrogen-bond donors (Lipinski definition) is 2. The maximum absolute atomic E-state index is 12.7. The molecule has 6 heteroatoms. The molecule has 0 atom stereocenters. The molecule has 32 heavy (non-hydrogen) atoms. The van der Waals surface area contributed by atoms with Crippen molar-refractivity contribution in [1.29, 1.82) is 0 Å². The van der Waals surface area contributed by atoms with Gasteiger partial charge in [-0.25, -0.2) is 4.79 Å². The van der Waals surface area contributed by atoms with Crippen molar-refractivity contribution < 1.29 is 9.59 Å². The highest BCUT2D eigenvalue weighted by molar-refractivity contribution is 5.89. The smallest absolute Gasteiger partial charge is 0.321 e. The molecule has 2 N–H and O–H groups in total. The van der Waals surface area contributed by atoms with Crippen molar-refractivity contribution in [1.82, 2.24) is 15.1 Å². The van der Waals surface area contributed by atoms with Crippen molar-refractivity contribution in [3.63, 3.8) is 0 Å². The summed E-state index contributed by atoms with van der Waals surface area (Å²) >= 11 is 0. The van der Waals surface area contributed by atoms with E-state index < -0.39 is 0 Å². The minimum atomic E-state index is -0.153. The monoisotopic (exact) mass is 436 g/mol. The second-order valence-electron chi connectivity index (χ2n) is 8.64. The molecule has 1 heterocycles. The van der Waals surface area contributed by atoms with E-state index >= 15 is 0 Å². The zero-order valence-corrected chi connectivity index (χ0v) is 19.3. The van der Waals surface area contributed by atoms with E-state index in [4.69, 9.17) is 0 Å². The second-order valence-corrected chi connectivity index (χ2v) is 8.64. The van der Waals surface area contributed by atoms with Gasteiger partial charge in [-0.2, -0.15) is 0 Å². The lowest BCUT2D eigenvalue weighted by Gasteiger charge is -2.32. The van der Waals surface area contributed by atoms with E-state index in [0.29, 0.717) is 19.5 Å². The number of anilines is 1. The molecular weight excluding hydrogens is 400 g/mol. The lowest BCUT2D eigenvalue weighted by Crippen LogP contribution is -2.45. The molecule has 0 aliphatic carbocycles. The fourth-order valence-corrected chi connectivity index (χ4v) is 4.12. The highest BCUT2D eigenvalue weighted by Crippen LogP contribution is 2.14. The Hall–Kier alpha value is -2.86. The number of hydrogen-bond acceptors (Lipinski definition) is 3. The van der Waals surface area contributed by atoms with Gasteiger partial charge in [-0.1, -0.05) is 49.4 Å². The summed E-state index contributed by atoms with van der Waals surface area (Å²) in [7, 11) is 0. The molecule has 0 bridgehead atoms. The maximum Gasteiger partial charge on any atom is 0.321 e. The fraction of sp³-hybridized carbons (Fsp3) is 0.462. The summed E-state index contributed by atoms with van der Waals surface area (Å²) in [6.45, 7) is 8.02. The van der Waals surface area contributed by atoms with Crippen molar-refractivity contribution in [3.8, 4) is 0 Å². The molecule has 6 nitrogen and oxygen atoms in total. The summed E-state index contributed by atoms with van der Waals surface area (Å²) in [6.07, 6.45) is 3.10. The van der Waals surface area contributed by atoms with Crippen LogP contribution in [0.15, 0.2) is 54.6 Å². The third-order valence-corrected chi connectivity index (χ3v) is 5.86. The Morgan fingerprint density at radius 2 is 1.78 bits per heavy atom. The number of aryl methyl sites for hydroxylation is 1.